The summed E-state index contributed by atoms with van der Waals surface area (Å²) in [5.74, 6) is 8.41. The van der Waals surface area contributed by atoms with E-state index >= 15 is 0 Å². The normalized spacial score (nSPS) is 6.17. The molecule has 0 heterocycles. The van der Waals surface area contributed by atoms with Gasteiger partial charge in [0.1, 0.15) is 21.0 Å². The first-order valence-corrected chi connectivity index (χ1v) is 11.0. The number of hydrogen-bond acceptors (Lipinski definition) is 13. The number of hydrogen-bond donors (Lipinski definition) is 2. The van der Waals surface area contributed by atoms with Gasteiger partial charge in [0.15, 0.2) is 0 Å². The van der Waals surface area contributed by atoms with Gasteiger partial charge in [-0.25, -0.2) is 11.8 Å². The summed E-state index contributed by atoms with van der Waals surface area (Å²) in [6.45, 7) is 31.7. The summed E-state index contributed by atoms with van der Waals surface area (Å²) in [5, 5.41) is 10.1. The van der Waals surface area contributed by atoms with Crippen LogP contribution in [-0.4, -0.2) is 83.3 Å². The molecule has 0 aliphatic rings. The van der Waals surface area contributed by atoms with Crippen LogP contribution in [0, 0.1) is 49.5 Å². The number of amides is 2. The monoisotopic (exact) mass is 1680 g/mol. The summed E-state index contributed by atoms with van der Waals surface area (Å²) in [6.07, 6.45) is 0.475. The maximum Gasteiger partial charge on any atom is 2.00 e. The number of carbonyl (C=O) groups excluding carboxylic acids is 5. The summed E-state index contributed by atoms with van der Waals surface area (Å²) in [6, 6.07) is 0. The van der Waals surface area contributed by atoms with Gasteiger partial charge in [0, 0.05) is 5.91 Å². The number of nitrogens with zero attached hydrogens (tertiary/aromatic N) is 4. The second-order valence-corrected chi connectivity index (χ2v) is 5.61. The van der Waals surface area contributed by atoms with E-state index in [1.165, 1.54) is 56.3 Å². The zero-order chi connectivity index (χ0) is 35.8. The first-order chi connectivity index (χ1) is 18.9. The van der Waals surface area contributed by atoms with Gasteiger partial charge in [0.25, 0.3) is 0 Å². The third kappa shape index (κ3) is 1130. The van der Waals surface area contributed by atoms with Crippen LogP contribution in [0.1, 0.15) is 70.2 Å². The topological polar surface area (TPSA) is 292 Å². The van der Waals surface area contributed by atoms with E-state index in [-0.39, 0.29) is 190 Å². The molecule has 0 rings (SSSR count). The summed E-state index contributed by atoms with van der Waals surface area (Å²) in [5.41, 5.74) is 1.93. The molecule has 0 bridgehead atoms. The molecule has 0 aromatic heterocycles. The fraction of sp³-hybridized carbons (Fsp3) is 0.500. The van der Waals surface area contributed by atoms with Gasteiger partial charge < -0.3 is 106 Å². The molecule has 0 aliphatic carbocycles. The SMILES string of the molecule is C.C.C=O.CC.CON.CON.C[N-]C(C)=O.Cl.Cl.[CH2-]/C(C)=N/OC.[CH2-]/C(C)=N/OC.[CH2-]C(C)=NC=O.[CH2-]C(C)=O.[CH2-]C(C)=O.[CH3-].[CH3-].[NH2-].[NH2-].[W+2].[W+2].[W+2].[W+2].[W+2]. The zero-order valence-electron chi connectivity index (χ0n) is 33.5. The zero-order valence-corrected chi connectivity index (χ0v) is 49.8. The Balaban J connectivity index is -0.00000000932. The minimum Gasteiger partial charge on any atom is -0.693 e. The molecule has 54 heavy (non-hydrogen) atoms. The van der Waals surface area contributed by atoms with Crippen LogP contribution in [0.3, 0.4) is 0 Å². The number of Topliss-reactive ketones (excluding diaryl/α,β-unsaturated/α-hetero) is 2. The van der Waals surface area contributed by atoms with Crippen molar-refractivity contribution < 1.29 is 149 Å². The van der Waals surface area contributed by atoms with Crippen LogP contribution >= 0.6 is 24.8 Å². The van der Waals surface area contributed by atoms with Crippen molar-refractivity contribution in [2.24, 2.45) is 27.1 Å². The Morgan fingerprint density at radius 1 is 0.611 bits per heavy atom. The van der Waals surface area contributed by atoms with E-state index in [0.29, 0.717) is 23.5 Å². The Bertz CT molecular complexity index is 592. The fourth-order valence-corrected chi connectivity index (χ4v) is 0.402. The van der Waals surface area contributed by atoms with Crippen LogP contribution < -0.4 is 11.8 Å². The van der Waals surface area contributed by atoms with Gasteiger partial charge >= 0.3 is 105 Å². The van der Waals surface area contributed by atoms with Gasteiger partial charge in [-0.2, -0.15) is 0 Å². The van der Waals surface area contributed by atoms with Gasteiger partial charge in [0.05, 0.1) is 14.2 Å². The first kappa shape index (κ1) is 158. The van der Waals surface area contributed by atoms with Crippen LogP contribution in [0.15, 0.2) is 15.3 Å². The molecule has 334 valence electrons. The average Bonchev–Trinajstić information content (AvgIpc) is 2.83. The van der Waals surface area contributed by atoms with Gasteiger partial charge in [-0.3, -0.25) is 9.79 Å². The number of nitrogens with two attached hydrogens (primary N) is 4. The van der Waals surface area contributed by atoms with Crippen molar-refractivity contribution in [1.29, 1.82) is 0 Å². The van der Waals surface area contributed by atoms with Crippen molar-refractivity contribution >= 4 is 72.6 Å². The van der Waals surface area contributed by atoms with E-state index in [9.17, 15) is 19.2 Å². The first-order valence-electron chi connectivity index (χ1n) is 11.0. The van der Waals surface area contributed by atoms with Crippen LogP contribution in [-0.2, 0) is 149 Å². The Morgan fingerprint density at radius 2 is 0.741 bits per heavy atom. The maximum atomic E-state index is 9.65. The van der Waals surface area contributed by atoms with Crippen molar-refractivity contribution in [1.82, 2.24) is 0 Å². The standard InChI is InChI=1S/2C4H8NO.C4H6NO.C3H7NO.2C3H5O.C2H6.2CH5NO.CH2O.2CH4.2CH3.2ClH.2H2N.5W/c2*1-4(2)5-6-3;1-4(2)5-3-6;1-3(5)4-2;2*1-3(2)4;1-2;2*1-3-2;1-2;;;;;;;;;;;;;/h2*1H2,2-3H3;3H,1H2,2H3;1-2H3,(H,4,5);2*1H2,2H3;1-2H3;2*2H2,1H3;1H2;2*1H4;2*1H3;2*1H;2*1H2;;;;;/q3*-1;;2*-1;;;;;;;2*-1;;;2*-1;5*+2/p-1/b2*5-4-;;;;;;;;;;;;;;;;;;;;;. The maximum absolute atomic E-state index is 9.65. The Kier molecular flexibility index (Phi) is 576. The molecule has 0 fully saturated rings. The molecule has 0 unspecified atom stereocenters. The number of carbonyl (C=O) groups is 5. The number of halogens is 2. The van der Waals surface area contributed by atoms with Crippen molar-refractivity contribution in [3.05, 3.63) is 67.1 Å². The smallest absolute Gasteiger partial charge is 0.693 e. The van der Waals surface area contributed by atoms with Crippen LogP contribution in [0.5, 0.6) is 0 Å². The molecule has 0 atom stereocenters. The summed E-state index contributed by atoms with van der Waals surface area (Å²) >= 11 is 0. The van der Waals surface area contributed by atoms with Crippen molar-refractivity contribution in [3.63, 3.8) is 0 Å². The molecule has 0 aliphatic heterocycles. The fourth-order valence-electron chi connectivity index (χ4n) is 0.402. The number of rotatable bonds is 3. The summed E-state index contributed by atoms with van der Waals surface area (Å²) < 4.78 is 0. The van der Waals surface area contributed by atoms with Gasteiger partial charge in [-0.15, -0.1) is 47.9 Å². The largest absolute Gasteiger partial charge is 2.00 e. The Morgan fingerprint density at radius 3 is 0.741 bits per heavy atom. The molecular formula is C30H76Cl2N8O9W5. The van der Waals surface area contributed by atoms with Crippen LogP contribution in [0.4, 0.5) is 0 Å². The Labute approximate surface area is 417 Å². The van der Waals surface area contributed by atoms with E-state index in [1.54, 1.807) is 20.8 Å². The van der Waals surface area contributed by atoms with Gasteiger partial charge in [0.2, 0.25) is 6.41 Å². The summed E-state index contributed by atoms with van der Waals surface area (Å²) in [4.78, 5) is 65.1. The molecule has 0 spiro atoms. The van der Waals surface area contributed by atoms with E-state index in [4.69, 9.17) is 4.79 Å². The quantitative estimate of drug-likeness (QED) is 0.119. The Hall–Kier alpha value is -0.108. The molecule has 17 nitrogen and oxygen atoms in total. The molecule has 0 saturated carbocycles. The summed E-state index contributed by atoms with van der Waals surface area (Å²) in [7, 11) is 7.27. The molecule has 2 amide bonds. The molecule has 0 radical (unpaired) electrons. The molecular weight excluding hydrogens is 1610 g/mol. The molecule has 8 N–H and O–H groups in total. The number of ketones is 2. The average molecular weight is 1680 g/mol. The second-order valence-electron chi connectivity index (χ2n) is 5.61. The number of aliphatic imine (C=N–C) groups is 1. The van der Waals surface area contributed by atoms with E-state index in [1.807, 2.05) is 20.6 Å². The van der Waals surface area contributed by atoms with Crippen molar-refractivity contribution in [3.8, 4) is 0 Å². The number of oxime groups is 2. The molecule has 0 saturated heterocycles. The third-order valence-electron chi connectivity index (χ3n) is 1.08. The van der Waals surface area contributed by atoms with Gasteiger partial charge in [-0.1, -0.05) is 60.9 Å². The minimum absolute atomic E-state index is 0. The van der Waals surface area contributed by atoms with Crippen molar-refractivity contribution in [2.45, 2.75) is 70.2 Å². The molecule has 24 heteroatoms. The predicted octanol–water partition coefficient (Wildman–Crippen LogP) is 7.77. The van der Waals surface area contributed by atoms with Crippen LogP contribution in [0.2, 0.25) is 0 Å². The molecule has 0 aromatic rings. The second kappa shape index (κ2) is 197. The van der Waals surface area contributed by atoms with Crippen LogP contribution in [0.25, 0.3) is 17.6 Å². The van der Waals surface area contributed by atoms with Crippen molar-refractivity contribution in [2.75, 3.05) is 35.5 Å². The van der Waals surface area contributed by atoms with E-state index < -0.39 is 0 Å². The predicted molar refractivity (Wildman–Crippen MR) is 220 cm³/mol. The third-order valence-corrected chi connectivity index (χ3v) is 1.08. The molecule has 0 aromatic carbocycles. The van der Waals surface area contributed by atoms with Gasteiger partial charge in [-0.05, 0) is 32.3 Å². The minimum atomic E-state index is -0.120. The van der Waals surface area contributed by atoms with E-state index in [2.05, 4.69) is 86.4 Å². The van der Waals surface area contributed by atoms with E-state index in [0.717, 1.165) is 0 Å².